The van der Waals surface area contributed by atoms with Gasteiger partial charge in [0.25, 0.3) is 0 Å². The highest BCUT2D eigenvalue weighted by molar-refractivity contribution is 5.09. The Labute approximate surface area is 92.7 Å². The first-order valence-corrected chi connectivity index (χ1v) is 4.97. The third kappa shape index (κ3) is 2.64. The summed E-state index contributed by atoms with van der Waals surface area (Å²) in [6, 6.07) is 7.72. The Bertz CT molecular complexity index is 486. The number of rotatable bonds is 4. The molecule has 0 atom stereocenters. The van der Waals surface area contributed by atoms with Crippen molar-refractivity contribution in [2.45, 2.75) is 19.3 Å². The van der Waals surface area contributed by atoms with Gasteiger partial charge in [0.15, 0.2) is 5.82 Å². The Balaban J connectivity index is 2.01. The third-order valence-corrected chi connectivity index (χ3v) is 2.03. The molecule has 0 unspecified atom stereocenters. The number of nitriles is 1. The van der Waals surface area contributed by atoms with E-state index in [0.717, 1.165) is 5.69 Å². The van der Waals surface area contributed by atoms with Gasteiger partial charge in [0.05, 0.1) is 12.5 Å². The van der Waals surface area contributed by atoms with E-state index in [0.29, 0.717) is 31.0 Å². The second kappa shape index (κ2) is 5.03. The lowest BCUT2D eigenvalue weighted by Gasteiger charge is -1.92. The van der Waals surface area contributed by atoms with Crippen LogP contribution in [0.15, 0.2) is 28.9 Å². The molecule has 5 heteroatoms. The first kappa shape index (κ1) is 10.3. The van der Waals surface area contributed by atoms with E-state index in [1.165, 1.54) is 0 Å². The zero-order valence-corrected chi connectivity index (χ0v) is 8.63. The fourth-order valence-corrected chi connectivity index (χ4v) is 1.29. The molecule has 2 aromatic rings. The molecule has 0 saturated carbocycles. The summed E-state index contributed by atoms with van der Waals surface area (Å²) in [5.74, 6) is 1.11. The van der Waals surface area contributed by atoms with Crippen molar-refractivity contribution in [1.82, 2.24) is 15.1 Å². The third-order valence-electron chi connectivity index (χ3n) is 2.03. The standard InChI is InChI=1S/C11H10N4O/c12-6-3-5-11-14-10(15-16-11)8-9-4-1-2-7-13-9/h1-2,4,7H,3,5,8H2. The summed E-state index contributed by atoms with van der Waals surface area (Å²) in [6.07, 6.45) is 3.18. The SMILES string of the molecule is N#CCCc1nc(Cc2ccccn2)no1. The Kier molecular flexibility index (Phi) is 3.24. The molecule has 80 valence electrons. The maximum absolute atomic E-state index is 8.42. The monoisotopic (exact) mass is 214 g/mol. The van der Waals surface area contributed by atoms with Crippen LogP contribution in [0.1, 0.15) is 23.8 Å². The lowest BCUT2D eigenvalue weighted by atomic mass is 10.2. The van der Waals surface area contributed by atoms with Gasteiger partial charge in [0.1, 0.15) is 0 Å². The molecule has 0 bridgehead atoms. The van der Waals surface area contributed by atoms with Gasteiger partial charge in [-0.1, -0.05) is 11.2 Å². The van der Waals surface area contributed by atoms with Crippen LogP contribution in [0.2, 0.25) is 0 Å². The number of aryl methyl sites for hydroxylation is 1. The normalized spacial score (nSPS) is 9.94. The van der Waals surface area contributed by atoms with Crippen LogP contribution in [0, 0.1) is 11.3 Å². The van der Waals surface area contributed by atoms with E-state index in [4.69, 9.17) is 9.78 Å². The zero-order chi connectivity index (χ0) is 11.2. The largest absolute Gasteiger partial charge is 0.339 e. The van der Waals surface area contributed by atoms with Gasteiger partial charge in [-0.3, -0.25) is 4.98 Å². The quantitative estimate of drug-likeness (QED) is 0.771. The highest BCUT2D eigenvalue weighted by atomic mass is 16.5. The van der Waals surface area contributed by atoms with Gasteiger partial charge in [0.2, 0.25) is 5.89 Å². The molecule has 2 rings (SSSR count). The van der Waals surface area contributed by atoms with Crippen LogP contribution in [0.25, 0.3) is 0 Å². The van der Waals surface area contributed by atoms with Crippen LogP contribution in [-0.4, -0.2) is 15.1 Å². The van der Waals surface area contributed by atoms with Crippen molar-refractivity contribution in [2.75, 3.05) is 0 Å². The van der Waals surface area contributed by atoms with Gasteiger partial charge >= 0.3 is 0 Å². The second-order valence-electron chi connectivity index (χ2n) is 3.26. The number of hydrogen-bond acceptors (Lipinski definition) is 5. The molecule has 0 aromatic carbocycles. The van der Waals surface area contributed by atoms with Gasteiger partial charge < -0.3 is 4.52 Å². The summed E-state index contributed by atoms with van der Waals surface area (Å²) in [7, 11) is 0. The fraction of sp³-hybridized carbons (Fsp3) is 0.273. The summed E-state index contributed by atoms with van der Waals surface area (Å²) in [5.41, 5.74) is 0.898. The summed E-state index contributed by atoms with van der Waals surface area (Å²) >= 11 is 0. The zero-order valence-electron chi connectivity index (χ0n) is 8.63. The van der Waals surface area contributed by atoms with Crippen molar-refractivity contribution in [3.63, 3.8) is 0 Å². The minimum atomic E-state index is 0.394. The Morgan fingerprint density at radius 3 is 3.06 bits per heavy atom. The van der Waals surface area contributed by atoms with Gasteiger partial charge in [0, 0.05) is 24.7 Å². The van der Waals surface area contributed by atoms with Crippen molar-refractivity contribution in [3.05, 3.63) is 41.8 Å². The number of nitrogens with zero attached hydrogens (tertiary/aromatic N) is 4. The van der Waals surface area contributed by atoms with Crippen molar-refractivity contribution in [3.8, 4) is 6.07 Å². The van der Waals surface area contributed by atoms with E-state index in [-0.39, 0.29) is 0 Å². The molecule has 0 aliphatic carbocycles. The van der Waals surface area contributed by atoms with E-state index in [1.54, 1.807) is 6.20 Å². The predicted octanol–water partition coefficient (Wildman–Crippen LogP) is 1.51. The summed E-state index contributed by atoms with van der Waals surface area (Å²) in [6.45, 7) is 0. The Morgan fingerprint density at radius 1 is 1.38 bits per heavy atom. The Hall–Kier alpha value is -2.22. The second-order valence-corrected chi connectivity index (χ2v) is 3.26. The molecule has 0 radical (unpaired) electrons. The molecule has 0 amide bonds. The highest BCUT2D eigenvalue weighted by Crippen LogP contribution is 2.05. The van der Waals surface area contributed by atoms with Crippen molar-refractivity contribution in [1.29, 1.82) is 5.26 Å². The fourth-order valence-electron chi connectivity index (χ4n) is 1.29. The van der Waals surface area contributed by atoms with Crippen LogP contribution in [0.5, 0.6) is 0 Å². The van der Waals surface area contributed by atoms with Crippen molar-refractivity contribution in [2.24, 2.45) is 0 Å². The van der Waals surface area contributed by atoms with E-state index >= 15 is 0 Å². The van der Waals surface area contributed by atoms with E-state index in [9.17, 15) is 0 Å². The molecule has 0 fully saturated rings. The maximum atomic E-state index is 8.42. The Morgan fingerprint density at radius 2 is 2.31 bits per heavy atom. The lowest BCUT2D eigenvalue weighted by Crippen LogP contribution is -1.93. The highest BCUT2D eigenvalue weighted by Gasteiger charge is 2.06. The lowest BCUT2D eigenvalue weighted by molar-refractivity contribution is 0.374. The number of pyridine rings is 1. The summed E-state index contributed by atoms with van der Waals surface area (Å²) in [4.78, 5) is 8.35. The number of aromatic nitrogens is 3. The van der Waals surface area contributed by atoms with Gasteiger partial charge in [-0.25, -0.2) is 0 Å². The molecule has 5 nitrogen and oxygen atoms in total. The molecule has 2 heterocycles. The average molecular weight is 214 g/mol. The molecule has 0 spiro atoms. The molecule has 0 aliphatic heterocycles. The molecule has 0 N–H and O–H groups in total. The molecule has 2 aromatic heterocycles. The topological polar surface area (TPSA) is 75.6 Å². The molecular formula is C11H10N4O. The van der Waals surface area contributed by atoms with Crippen LogP contribution < -0.4 is 0 Å². The summed E-state index contributed by atoms with van der Waals surface area (Å²) in [5, 5.41) is 12.2. The van der Waals surface area contributed by atoms with Gasteiger partial charge in [-0.15, -0.1) is 0 Å². The maximum Gasteiger partial charge on any atom is 0.227 e. The molecular weight excluding hydrogens is 204 g/mol. The minimum absolute atomic E-state index is 0.394. The van der Waals surface area contributed by atoms with Crippen molar-refractivity contribution < 1.29 is 4.52 Å². The van der Waals surface area contributed by atoms with Crippen LogP contribution in [0.4, 0.5) is 0 Å². The first-order valence-electron chi connectivity index (χ1n) is 4.97. The first-order chi connectivity index (χ1) is 7.88. The van der Waals surface area contributed by atoms with Gasteiger partial charge in [-0.2, -0.15) is 10.2 Å². The van der Waals surface area contributed by atoms with E-state index < -0.39 is 0 Å². The predicted molar refractivity (Wildman–Crippen MR) is 55.3 cm³/mol. The van der Waals surface area contributed by atoms with Gasteiger partial charge in [-0.05, 0) is 12.1 Å². The smallest absolute Gasteiger partial charge is 0.227 e. The molecule has 0 saturated heterocycles. The van der Waals surface area contributed by atoms with Crippen molar-refractivity contribution >= 4 is 0 Å². The average Bonchev–Trinajstić information content (AvgIpc) is 2.75. The van der Waals surface area contributed by atoms with E-state index in [1.807, 2.05) is 24.3 Å². The molecule has 0 aliphatic rings. The van der Waals surface area contributed by atoms with Crippen LogP contribution in [0.3, 0.4) is 0 Å². The van der Waals surface area contributed by atoms with Crippen LogP contribution in [-0.2, 0) is 12.8 Å². The summed E-state index contributed by atoms with van der Waals surface area (Å²) < 4.78 is 5.00. The van der Waals surface area contributed by atoms with E-state index in [2.05, 4.69) is 15.1 Å². The molecule has 16 heavy (non-hydrogen) atoms. The number of hydrogen-bond donors (Lipinski definition) is 0. The van der Waals surface area contributed by atoms with Crippen LogP contribution >= 0.6 is 0 Å². The minimum Gasteiger partial charge on any atom is -0.339 e.